The molecule has 16 heavy (non-hydrogen) atoms. The number of hydrogen-bond acceptors (Lipinski definition) is 5. The number of anilines is 1. The Morgan fingerprint density at radius 3 is 2.75 bits per heavy atom. The molecule has 0 aliphatic rings. The molecular weight excluding hydrogens is 214 g/mol. The molecule has 0 unspecified atom stereocenters. The monoisotopic (exact) mass is 225 g/mol. The van der Waals surface area contributed by atoms with E-state index in [0.29, 0.717) is 12.4 Å². The van der Waals surface area contributed by atoms with Gasteiger partial charge < -0.3 is 10.0 Å². The fourth-order valence-electron chi connectivity index (χ4n) is 1.09. The Balaban J connectivity index is 2.66. The van der Waals surface area contributed by atoms with E-state index in [1.54, 1.807) is 11.9 Å². The standard InChI is InChI=1S/C9H11N3O4/c1-11(5-4-9(13)14)8-3-2-7(6-10-8)12(15)16/h2-3,6H,4-5H2,1H3,(H,13,14). The lowest BCUT2D eigenvalue weighted by Crippen LogP contribution is -2.21. The van der Waals surface area contributed by atoms with Crippen molar-refractivity contribution in [1.29, 1.82) is 0 Å². The van der Waals surface area contributed by atoms with Gasteiger partial charge in [-0.3, -0.25) is 14.9 Å². The van der Waals surface area contributed by atoms with Crippen LogP contribution in [0.25, 0.3) is 0 Å². The van der Waals surface area contributed by atoms with Crippen molar-refractivity contribution in [3.05, 3.63) is 28.4 Å². The van der Waals surface area contributed by atoms with Crippen LogP contribution in [0, 0.1) is 10.1 Å². The Labute approximate surface area is 91.5 Å². The third-order valence-electron chi connectivity index (χ3n) is 2.00. The molecule has 7 nitrogen and oxygen atoms in total. The van der Waals surface area contributed by atoms with Crippen molar-refractivity contribution in [3.8, 4) is 0 Å². The molecule has 7 heteroatoms. The lowest BCUT2D eigenvalue weighted by atomic mass is 10.3. The van der Waals surface area contributed by atoms with Gasteiger partial charge in [-0.25, -0.2) is 4.98 Å². The predicted octanol–water partition coefficient (Wildman–Crippen LogP) is 0.901. The van der Waals surface area contributed by atoms with Gasteiger partial charge in [-0.05, 0) is 6.07 Å². The quantitative estimate of drug-likeness (QED) is 0.590. The molecule has 1 N–H and O–H groups in total. The molecule has 0 fully saturated rings. The van der Waals surface area contributed by atoms with Crippen molar-refractivity contribution < 1.29 is 14.8 Å². The molecule has 1 aromatic heterocycles. The number of carbonyl (C=O) groups is 1. The summed E-state index contributed by atoms with van der Waals surface area (Å²) in [5, 5.41) is 18.9. The molecule has 0 saturated heterocycles. The molecule has 0 bridgehead atoms. The molecule has 0 aliphatic heterocycles. The van der Waals surface area contributed by atoms with Gasteiger partial charge >= 0.3 is 5.97 Å². The third kappa shape index (κ3) is 3.19. The van der Waals surface area contributed by atoms with Crippen molar-refractivity contribution in [2.24, 2.45) is 0 Å². The van der Waals surface area contributed by atoms with Gasteiger partial charge in [0, 0.05) is 19.7 Å². The number of nitrogens with zero attached hydrogens (tertiary/aromatic N) is 3. The van der Waals surface area contributed by atoms with Gasteiger partial charge in [0.15, 0.2) is 0 Å². The second kappa shape index (κ2) is 5.06. The predicted molar refractivity (Wildman–Crippen MR) is 56.4 cm³/mol. The number of rotatable bonds is 5. The minimum atomic E-state index is -0.895. The van der Waals surface area contributed by atoms with E-state index in [2.05, 4.69) is 4.98 Å². The van der Waals surface area contributed by atoms with Crippen LogP contribution in [0.5, 0.6) is 0 Å². The Kier molecular flexibility index (Phi) is 3.76. The van der Waals surface area contributed by atoms with Crippen LogP contribution in [0.1, 0.15) is 6.42 Å². The van der Waals surface area contributed by atoms with E-state index < -0.39 is 10.9 Å². The van der Waals surface area contributed by atoms with Gasteiger partial charge in [-0.15, -0.1) is 0 Å². The molecule has 1 aromatic rings. The summed E-state index contributed by atoms with van der Waals surface area (Å²) in [5.74, 6) is -0.388. The van der Waals surface area contributed by atoms with Crippen LogP contribution in [0.4, 0.5) is 11.5 Å². The van der Waals surface area contributed by atoms with Crippen molar-refractivity contribution in [2.45, 2.75) is 6.42 Å². The van der Waals surface area contributed by atoms with E-state index in [0.717, 1.165) is 6.20 Å². The summed E-state index contributed by atoms with van der Waals surface area (Å²) in [6.45, 7) is 0.306. The van der Waals surface area contributed by atoms with Gasteiger partial charge in [-0.2, -0.15) is 0 Å². The summed E-state index contributed by atoms with van der Waals surface area (Å²) in [7, 11) is 1.68. The van der Waals surface area contributed by atoms with Crippen LogP contribution in [0.3, 0.4) is 0 Å². The summed E-state index contributed by atoms with van der Waals surface area (Å²) < 4.78 is 0. The van der Waals surface area contributed by atoms with E-state index in [1.165, 1.54) is 12.1 Å². The highest BCUT2D eigenvalue weighted by Gasteiger charge is 2.08. The molecule has 1 heterocycles. The Morgan fingerprint density at radius 2 is 2.31 bits per heavy atom. The highest BCUT2D eigenvalue weighted by molar-refractivity contribution is 5.67. The summed E-state index contributed by atoms with van der Waals surface area (Å²) in [5.41, 5.74) is -0.0876. The normalized spacial score (nSPS) is 9.81. The summed E-state index contributed by atoms with van der Waals surface area (Å²) in [6, 6.07) is 2.82. The second-order valence-electron chi connectivity index (χ2n) is 3.20. The fourth-order valence-corrected chi connectivity index (χ4v) is 1.09. The average molecular weight is 225 g/mol. The van der Waals surface area contributed by atoms with E-state index in [-0.39, 0.29) is 12.1 Å². The average Bonchev–Trinajstić information content (AvgIpc) is 2.26. The molecule has 0 amide bonds. The van der Waals surface area contributed by atoms with E-state index in [4.69, 9.17) is 5.11 Å². The van der Waals surface area contributed by atoms with Crippen LogP contribution in [-0.4, -0.2) is 34.6 Å². The Bertz CT molecular complexity index is 390. The molecule has 0 aromatic carbocycles. The first kappa shape index (κ1) is 11.9. The molecule has 0 radical (unpaired) electrons. The highest BCUT2D eigenvalue weighted by Crippen LogP contribution is 2.14. The lowest BCUT2D eigenvalue weighted by Gasteiger charge is -2.16. The van der Waals surface area contributed by atoms with Gasteiger partial charge in [-0.1, -0.05) is 0 Å². The van der Waals surface area contributed by atoms with Gasteiger partial charge in [0.25, 0.3) is 5.69 Å². The number of nitro groups is 1. The molecular formula is C9H11N3O4. The topological polar surface area (TPSA) is 96.6 Å². The zero-order valence-electron chi connectivity index (χ0n) is 8.66. The maximum Gasteiger partial charge on any atom is 0.305 e. The lowest BCUT2D eigenvalue weighted by molar-refractivity contribution is -0.385. The molecule has 86 valence electrons. The summed E-state index contributed by atoms with van der Waals surface area (Å²) in [6.07, 6.45) is 1.14. The number of carboxylic acid groups (broad SMARTS) is 1. The van der Waals surface area contributed by atoms with Crippen molar-refractivity contribution in [3.63, 3.8) is 0 Å². The third-order valence-corrected chi connectivity index (χ3v) is 2.00. The van der Waals surface area contributed by atoms with E-state index in [9.17, 15) is 14.9 Å². The molecule has 0 atom stereocenters. The van der Waals surface area contributed by atoms with Crippen molar-refractivity contribution in [2.75, 3.05) is 18.5 Å². The number of aliphatic carboxylic acids is 1. The Hall–Kier alpha value is -2.18. The van der Waals surface area contributed by atoms with Crippen LogP contribution < -0.4 is 4.90 Å². The van der Waals surface area contributed by atoms with Gasteiger partial charge in [0.1, 0.15) is 12.0 Å². The van der Waals surface area contributed by atoms with Gasteiger partial charge in [0.2, 0.25) is 0 Å². The fraction of sp³-hybridized carbons (Fsp3) is 0.333. The van der Waals surface area contributed by atoms with Crippen LogP contribution in [0.15, 0.2) is 18.3 Å². The van der Waals surface area contributed by atoms with E-state index in [1.807, 2.05) is 0 Å². The number of hydrogen-bond donors (Lipinski definition) is 1. The summed E-state index contributed by atoms with van der Waals surface area (Å²) >= 11 is 0. The molecule has 0 saturated carbocycles. The molecule has 1 rings (SSSR count). The van der Waals surface area contributed by atoms with Crippen LogP contribution in [0.2, 0.25) is 0 Å². The summed E-state index contributed by atoms with van der Waals surface area (Å²) in [4.78, 5) is 25.7. The smallest absolute Gasteiger partial charge is 0.305 e. The first-order valence-corrected chi connectivity index (χ1v) is 4.54. The first-order chi connectivity index (χ1) is 7.50. The largest absolute Gasteiger partial charge is 0.481 e. The first-order valence-electron chi connectivity index (χ1n) is 4.54. The van der Waals surface area contributed by atoms with Crippen molar-refractivity contribution in [1.82, 2.24) is 4.98 Å². The van der Waals surface area contributed by atoms with Crippen molar-refractivity contribution >= 4 is 17.5 Å². The van der Waals surface area contributed by atoms with E-state index >= 15 is 0 Å². The number of carboxylic acids is 1. The maximum absolute atomic E-state index is 10.4. The van der Waals surface area contributed by atoms with Crippen LogP contribution >= 0.6 is 0 Å². The zero-order chi connectivity index (χ0) is 12.1. The van der Waals surface area contributed by atoms with Gasteiger partial charge in [0.05, 0.1) is 11.3 Å². The number of pyridine rings is 1. The van der Waals surface area contributed by atoms with Crippen LogP contribution in [-0.2, 0) is 4.79 Å². The maximum atomic E-state index is 10.4. The second-order valence-corrected chi connectivity index (χ2v) is 3.20. The zero-order valence-corrected chi connectivity index (χ0v) is 8.66. The molecule has 0 aliphatic carbocycles. The minimum Gasteiger partial charge on any atom is -0.481 e. The number of aromatic nitrogens is 1. The Morgan fingerprint density at radius 1 is 1.62 bits per heavy atom. The SMILES string of the molecule is CN(CCC(=O)O)c1ccc([N+](=O)[O-])cn1. The highest BCUT2D eigenvalue weighted by atomic mass is 16.6. The molecule has 0 spiro atoms. The minimum absolute atomic E-state index is 0.00479.